The molecular formula is C11H10ClNO4. The minimum atomic E-state index is -1.05. The number of H-pyrrole nitrogens is 1. The Balaban J connectivity index is 2.76. The van der Waals surface area contributed by atoms with E-state index >= 15 is 0 Å². The van der Waals surface area contributed by atoms with Crippen LogP contribution in [0.4, 0.5) is 0 Å². The lowest BCUT2D eigenvalue weighted by atomic mass is 10.2. The van der Waals surface area contributed by atoms with Gasteiger partial charge in [0.2, 0.25) is 0 Å². The van der Waals surface area contributed by atoms with E-state index in [1.807, 2.05) is 0 Å². The third-order valence-corrected chi connectivity index (χ3v) is 2.81. The molecule has 0 saturated carbocycles. The SMILES string of the molecule is COc1cc2[nH]c(C(=O)O)cc2c(Cl)c1OC. The van der Waals surface area contributed by atoms with Crippen LogP contribution in [0.5, 0.6) is 11.5 Å². The first kappa shape index (κ1) is 11.6. The lowest BCUT2D eigenvalue weighted by Crippen LogP contribution is -1.94. The molecule has 0 saturated heterocycles. The summed E-state index contributed by atoms with van der Waals surface area (Å²) in [6.45, 7) is 0. The summed E-state index contributed by atoms with van der Waals surface area (Å²) >= 11 is 6.13. The molecule has 0 radical (unpaired) electrons. The fourth-order valence-corrected chi connectivity index (χ4v) is 1.98. The largest absolute Gasteiger partial charge is 0.493 e. The van der Waals surface area contributed by atoms with Gasteiger partial charge >= 0.3 is 5.97 Å². The third kappa shape index (κ3) is 1.78. The lowest BCUT2D eigenvalue weighted by molar-refractivity contribution is 0.0691. The van der Waals surface area contributed by atoms with E-state index in [9.17, 15) is 4.79 Å². The standard InChI is InChI=1S/C11H10ClNO4/c1-16-8-4-6-5(9(12)10(8)17-2)3-7(13-6)11(14)15/h3-4,13H,1-2H3,(H,14,15). The smallest absolute Gasteiger partial charge is 0.352 e. The molecule has 0 aliphatic carbocycles. The topological polar surface area (TPSA) is 71.6 Å². The molecule has 1 aromatic heterocycles. The molecule has 6 heteroatoms. The zero-order valence-electron chi connectivity index (χ0n) is 9.20. The second-order valence-electron chi connectivity index (χ2n) is 3.38. The molecule has 0 unspecified atom stereocenters. The summed E-state index contributed by atoms with van der Waals surface area (Å²) in [5.41, 5.74) is 0.655. The van der Waals surface area contributed by atoms with Gasteiger partial charge in [-0.05, 0) is 6.07 Å². The number of rotatable bonds is 3. The summed E-state index contributed by atoms with van der Waals surface area (Å²) in [7, 11) is 2.96. The van der Waals surface area contributed by atoms with Gasteiger partial charge in [-0.2, -0.15) is 0 Å². The number of aromatic amines is 1. The van der Waals surface area contributed by atoms with Crippen LogP contribution >= 0.6 is 11.6 Å². The Labute approximate surface area is 102 Å². The Kier molecular flexibility index (Phi) is 2.85. The van der Waals surface area contributed by atoms with Gasteiger partial charge in [-0.3, -0.25) is 0 Å². The maximum absolute atomic E-state index is 10.9. The first-order chi connectivity index (χ1) is 8.08. The maximum atomic E-state index is 10.9. The highest BCUT2D eigenvalue weighted by molar-refractivity contribution is 6.37. The first-order valence-electron chi connectivity index (χ1n) is 4.75. The van der Waals surface area contributed by atoms with E-state index < -0.39 is 5.97 Å². The number of aromatic nitrogens is 1. The van der Waals surface area contributed by atoms with Gasteiger partial charge < -0.3 is 19.6 Å². The monoisotopic (exact) mass is 255 g/mol. The van der Waals surface area contributed by atoms with Crippen molar-refractivity contribution in [1.82, 2.24) is 4.98 Å². The Morgan fingerprint density at radius 2 is 2.06 bits per heavy atom. The number of carboxylic acid groups (broad SMARTS) is 1. The third-order valence-electron chi connectivity index (χ3n) is 2.44. The van der Waals surface area contributed by atoms with Crippen LogP contribution in [-0.2, 0) is 0 Å². The van der Waals surface area contributed by atoms with Gasteiger partial charge in [-0.1, -0.05) is 11.6 Å². The zero-order valence-corrected chi connectivity index (χ0v) is 9.96. The van der Waals surface area contributed by atoms with Gasteiger partial charge in [0, 0.05) is 11.5 Å². The number of halogens is 1. The van der Waals surface area contributed by atoms with Gasteiger partial charge in [0.1, 0.15) is 5.69 Å². The second kappa shape index (κ2) is 4.18. The molecule has 0 bridgehead atoms. The molecule has 0 aliphatic rings. The molecule has 0 spiro atoms. The molecule has 0 aliphatic heterocycles. The minimum Gasteiger partial charge on any atom is -0.493 e. The number of carboxylic acids is 1. The molecule has 17 heavy (non-hydrogen) atoms. The van der Waals surface area contributed by atoms with Crippen LogP contribution in [0, 0.1) is 0 Å². The summed E-state index contributed by atoms with van der Waals surface area (Å²) in [5, 5.41) is 9.80. The van der Waals surface area contributed by atoms with Crippen LogP contribution in [0.1, 0.15) is 10.5 Å². The molecule has 5 nitrogen and oxygen atoms in total. The van der Waals surface area contributed by atoms with E-state index in [-0.39, 0.29) is 5.69 Å². The summed E-state index contributed by atoms with van der Waals surface area (Å²) < 4.78 is 10.2. The molecule has 2 aromatic rings. The van der Waals surface area contributed by atoms with Crippen molar-refractivity contribution in [3.05, 3.63) is 22.8 Å². The van der Waals surface area contributed by atoms with E-state index in [1.54, 1.807) is 6.07 Å². The Hall–Kier alpha value is -1.88. The number of carbonyl (C=O) groups is 1. The van der Waals surface area contributed by atoms with Crippen molar-refractivity contribution in [2.45, 2.75) is 0 Å². The number of hydrogen-bond donors (Lipinski definition) is 2. The highest BCUT2D eigenvalue weighted by Gasteiger charge is 2.17. The lowest BCUT2D eigenvalue weighted by Gasteiger charge is -2.09. The van der Waals surface area contributed by atoms with E-state index in [4.69, 9.17) is 26.2 Å². The Morgan fingerprint density at radius 3 is 2.59 bits per heavy atom. The van der Waals surface area contributed by atoms with Crippen LogP contribution in [0.25, 0.3) is 10.9 Å². The van der Waals surface area contributed by atoms with E-state index in [0.717, 1.165) is 0 Å². The molecule has 90 valence electrons. The summed E-state index contributed by atoms with van der Waals surface area (Å²) in [5.74, 6) is -0.211. The number of ether oxygens (including phenoxy) is 2. The fourth-order valence-electron chi connectivity index (χ4n) is 1.65. The van der Waals surface area contributed by atoms with Crippen molar-refractivity contribution in [1.29, 1.82) is 0 Å². The van der Waals surface area contributed by atoms with Gasteiger partial charge in [-0.25, -0.2) is 4.79 Å². The fraction of sp³-hybridized carbons (Fsp3) is 0.182. The van der Waals surface area contributed by atoms with Crippen molar-refractivity contribution in [3.8, 4) is 11.5 Å². The maximum Gasteiger partial charge on any atom is 0.352 e. The van der Waals surface area contributed by atoms with E-state index in [0.29, 0.717) is 27.4 Å². The van der Waals surface area contributed by atoms with Crippen LogP contribution in [0.3, 0.4) is 0 Å². The highest BCUT2D eigenvalue weighted by Crippen LogP contribution is 2.40. The van der Waals surface area contributed by atoms with Gasteiger partial charge in [0.15, 0.2) is 11.5 Å². The number of benzene rings is 1. The summed E-state index contributed by atoms with van der Waals surface area (Å²) in [4.78, 5) is 13.6. The number of hydrogen-bond acceptors (Lipinski definition) is 3. The Bertz CT molecular complexity index is 591. The normalized spacial score (nSPS) is 10.5. The minimum absolute atomic E-state index is 0.0669. The van der Waals surface area contributed by atoms with Gasteiger partial charge in [0.05, 0.1) is 24.8 Å². The zero-order chi connectivity index (χ0) is 12.6. The molecule has 0 fully saturated rings. The van der Waals surface area contributed by atoms with Crippen molar-refractivity contribution in [2.75, 3.05) is 14.2 Å². The molecule has 1 aromatic carbocycles. The number of nitrogens with one attached hydrogen (secondary N) is 1. The van der Waals surface area contributed by atoms with Crippen LogP contribution < -0.4 is 9.47 Å². The summed E-state index contributed by atoms with van der Waals surface area (Å²) in [6, 6.07) is 3.11. The van der Waals surface area contributed by atoms with E-state index in [1.165, 1.54) is 20.3 Å². The quantitative estimate of drug-likeness (QED) is 0.884. The molecule has 0 amide bonds. The Morgan fingerprint density at radius 1 is 1.35 bits per heavy atom. The van der Waals surface area contributed by atoms with Crippen LogP contribution in [0.2, 0.25) is 5.02 Å². The van der Waals surface area contributed by atoms with Crippen molar-refractivity contribution in [2.24, 2.45) is 0 Å². The number of fused-ring (bicyclic) bond motifs is 1. The predicted octanol–water partition coefficient (Wildman–Crippen LogP) is 2.54. The number of methoxy groups -OCH3 is 2. The molecule has 2 N–H and O–H groups in total. The van der Waals surface area contributed by atoms with Crippen molar-refractivity contribution >= 4 is 28.5 Å². The van der Waals surface area contributed by atoms with Gasteiger partial charge in [0.25, 0.3) is 0 Å². The second-order valence-corrected chi connectivity index (χ2v) is 3.75. The van der Waals surface area contributed by atoms with Crippen LogP contribution in [-0.4, -0.2) is 30.3 Å². The molecular weight excluding hydrogens is 246 g/mol. The van der Waals surface area contributed by atoms with Crippen LogP contribution in [0.15, 0.2) is 12.1 Å². The molecule has 1 heterocycles. The van der Waals surface area contributed by atoms with Crippen molar-refractivity contribution in [3.63, 3.8) is 0 Å². The van der Waals surface area contributed by atoms with E-state index in [2.05, 4.69) is 4.98 Å². The summed E-state index contributed by atoms with van der Waals surface area (Å²) in [6.07, 6.45) is 0. The average Bonchev–Trinajstić information content (AvgIpc) is 2.73. The number of aromatic carboxylic acids is 1. The van der Waals surface area contributed by atoms with Crippen molar-refractivity contribution < 1.29 is 19.4 Å². The average molecular weight is 256 g/mol. The molecule has 2 rings (SSSR count). The predicted molar refractivity (Wildman–Crippen MR) is 63.4 cm³/mol. The molecule has 0 atom stereocenters. The first-order valence-corrected chi connectivity index (χ1v) is 5.12. The highest BCUT2D eigenvalue weighted by atomic mass is 35.5. The van der Waals surface area contributed by atoms with Gasteiger partial charge in [-0.15, -0.1) is 0 Å².